The molecular weight excluding hydrogens is 421 g/mol. The maximum absolute atomic E-state index is 12.1. The zero-order valence-electron chi connectivity index (χ0n) is 10.1. The maximum Gasteiger partial charge on any atom is 0.255 e. The third-order valence-electron chi connectivity index (χ3n) is 2.54. The van der Waals surface area contributed by atoms with Crippen LogP contribution in [-0.2, 0) is 0 Å². The average molecular weight is 432 g/mol. The van der Waals surface area contributed by atoms with Crippen molar-refractivity contribution < 1.29 is 9.53 Å². The monoisotopic (exact) mass is 431 g/mol. The van der Waals surface area contributed by atoms with Crippen molar-refractivity contribution in [2.24, 2.45) is 0 Å². The highest BCUT2D eigenvalue weighted by atomic mass is 127. The average Bonchev–Trinajstić information content (AvgIpc) is 2.41. The van der Waals surface area contributed by atoms with Gasteiger partial charge in [-0.2, -0.15) is 0 Å². The number of halogens is 2. The number of hydrogen-bond acceptors (Lipinski definition) is 2. The molecule has 1 N–H and O–H groups in total. The Kier molecular flexibility index (Phi) is 4.81. The Bertz CT molecular complexity index is 616. The van der Waals surface area contributed by atoms with E-state index in [-0.39, 0.29) is 5.91 Å². The molecule has 0 fully saturated rings. The number of rotatable bonds is 3. The molecule has 19 heavy (non-hydrogen) atoms. The molecule has 2 aromatic carbocycles. The molecule has 98 valence electrons. The van der Waals surface area contributed by atoms with Gasteiger partial charge in [-0.25, -0.2) is 0 Å². The van der Waals surface area contributed by atoms with Crippen molar-refractivity contribution in [3.8, 4) is 5.75 Å². The Balaban J connectivity index is 2.21. The second kappa shape index (κ2) is 6.38. The van der Waals surface area contributed by atoms with Crippen LogP contribution in [-0.4, -0.2) is 13.0 Å². The number of carbonyl (C=O) groups is 1. The van der Waals surface area contributed by atoms with Gasteiger partial charge < -0.3 is 10.1 Å². The first-order valence-corrected chi connectivity index (χ1v) is 7.38. The summed E-state index contributed by atoms with van der Waals surface area (Å²) in [7, 11) is 1.59. The lowest BCUT2D eigenvalue weighted by Crippen LogP contribution is -2.12. The highest BCUT2D eigenvalue weighted by molar-refractivity contribution is 14.1. The van der Waals surface area contributed by atoms with Crippen LogP contribution < -0.4 is 10.1 Å². The van der Waals surface area contributed by atoms with Gasteiger partial charge in [-0.3, -0.25) is 4.79 Å². The molecule has 0 atom stereocenters. The lowest BCUT2D eigenvalue weighted by Gasteiger charge is -2.09. The van der Waals surface area contributed by atoms with E-state index in [1.807, 2.05) is 24.3 Å². The SMILES string of the molecule is COc1ccc(C(=O)Nc2ccccc2I)cc1Br. The summed E-state index contributed by atoms with van der Waals surface area (Å²) in [6.07, 6.45) is 0. The molecule has 0 spiro atoms. The molecular formula is C14H11BrINO2. The number of methoxy groups -OCH3 is 1. The molecule has 0 radical (unpaired) electrons. The molecule has 0 unspecified atom stereocenters. The van der Waals surface area contributed by atoms with E-state index >= 15 is 0 Å². The first-order chi connectivity index (χ1) is 9.11. The van der Waals surface area contributed by atoms with E-state index in [4.69, 9.17) is 4.74 Å². The minimum Gasteiger partial charge on any atom is -0.496 e. The van der Waals surface area contributed by atoms with Crippen LogP contribution in [0.1, 0.15) is 10.4 Å². The Morgan fingerprint density at radius 1 is 1.26 bits per heavy atom. The van der Waals surface area contributed by atoms with Crippen LogP contribution in [0.15, 0.2) is 46.9 Å². The van der Waals surface area contributed by atoms with Crippen LogP contribution >= 0.6 is 38.5 Å². The third kappa shape index (κ3) is 3.48. The minimum atomic E-state index is -0.146. The van der Waals surface area contributed by atoms with Crippen LogP contribution in [0.5, 0.6) is 5.75 Å². The highest BCUT2D eigenvalue weighted by Gasteiger charge is 2.10. The molecule has 2 rings (SSSR count). The number of anilines is 1. The summed E-state index contributed by atoms with van der Waals surface area (Å²) >= 11 is 5.56. The van der Waals surface area contributed by atoms with E-state index < -0.39 is 0 Å². The molecule has 5 heteroatoms. The Morgan fingerprint density at radius 2 is 2.00 bits per heavy atom. The molecule has 0 bridgehead atoms. The van der Waals surface area contributed by atoms with Gasteiger partial charge in [-0.15, -0.1) is 0 Å². The second-order valence-corrected chi connectivity index (χ2v) is 5.80. The van der Waals surface area contributed by atoms with Gasteiger partial charge in [-0.05, 0) is 68.9 Å². The van der Waals surface area contributed by atoms with E-state index in [0.29, 0.717) is 11.3 Å². The Hall–Kier alpha value is -1.08. The van der Waals surface area contributed by atoms with Gasteiger partial charge >= 0.3 is 0 Å². The van der Waals surface area contributed by atoms with Crippen LogP contribution in [0.25, 0.3) is 0 Å². The van der Waals surface area contributed by atoms with E-state index in [2.05, 4.69) is 43.8 Å². The number of para-hydroxylation sites is 1. The summed E-state index contributed by atoms with van der Waals surface area (Å²) < 4.78 is 6.89. The fourth-order valence-corrected chi connectivity index (χ4v) is 2.63. The van der Waals surface area contributed by atoms with E-state index in [0.717, 1.165) is 13.7 Å². The number of ether oxygens (including phenoxy) is 1. The van der Waals surface area contributed by atoms with Crippen molar-refractivity contribution in [1.82, 2.24) is 0 Å². The van der Waals surface area contributed by atoms with Gasteiger partial charge in [0, 0.05) is 9.13 Å². The molecule has 0 aliphatic rings. The van der Waals surface area contributed by atoms with Gasteiger partial charge in [0.1, 0.15) is 5.75 Å². The van der Waals surface area contributed by atoms with Gasteiger partial charge in [0.2, 0.25) is 0 Å². The Labute approximate surface area is 133 Å². The zero-order chi connectivity index (χ0) is 13.8. The molecule has 0 aromatic heterocycles. The van der Waals surface area contributed by atoms with Crippen molar-refractivity contribution in [2.45, 2.75) is 0 Å². The number of benzene rings is 2. The summed E-state index contributed by atoms with van der Waals surface area (Å²) in [5.41, 5.74) is 1.38. The maximum atomic E-state index is 12.1. The largest absolute Gasteiger partial charge is 0.496 e. The summed E-state index contributed by atoms with van der Waals surface area (Å²) in [4.78, 5) is 12.1. The standard InChI is InChI=1S/C14H11BrINO2/c1-19-13-7-6-9(8-10(13)15)14(18)17-12-5-3-2-4-11(12)16/h2-8H,1H3,(H,17,18). The van der Waals surface area contributed by atoms with Crippen molar-refractivity contribution in [3.05, 3.63) is 56.1 Å². The predicted octanol–water partition coefficient (Wildman–Crippen LogP) is 4.31. The second-order valence-electron chi connectivity index (χ2n) is 3.78. The van der Waals surface area contributed by atoms with Gasteiger partial charge in [-0.1, -0.05) is 12.1 Å². The summed E-state index contributed by atoms with van der Waals surface area (Å²) in [5, 5.41) is 2.88. The third-order valence-corrected chi connectivity index (χ3v) is 4.10. The quantitative estimate of drug-likeness (QED) is 0.735. The fourth-order valence-electron chi connectivity index (χ4n) is 1.56. The smallest absolute Gasteiger partial charge is 0.255 e. The van der Waals surface area contributed by atoms with E-state index in [1.54, 1.807) is 25.3 Å². The minimum absolute atomic E-state index is 0.146. The summed E-state index contributed by atoms with van der Waals surface area (Å²) in [6, 6.07) is 12.9. The molecule has 0 aliphatic heterocycles. The van der Waals surface area contributed by atoms with Gasteiger partial charge in [0.15, 0.2) is 0 Å². The Morgan fingerprint density at radius 3 is 2.63 bits per heavy atom. The van der Waals surface area contributed by atoms with E-state index in [1.165, 1.54) is 0 Å². The number of nitrogens with one attached hydrogen (secondary N) is 1. The topological polar surface area (TPSA) is 38.3 Å². The number of hydrogen-bond donors (Lipinski definition) is 1. The molecule has 0 heterocycles. The van der Waals surface area contributed by atoms with Crippen molar-refractivity contribution in [2.75, 3.05) is 12.4 Å². The first kappa shape index (κ1) is 14.3. The molecule has 3 nitrogen and oxygen atoms in total. The normalized spacial score (nSPS) is 10.1. The molecule has 2 aromatic rings. The number of carbonyl (C=O) groups excluding carboxylic acids is 1. The lowest BCUT2D eigenvalue weighted by atomic mass is 10.2. The molecule has 1 amide bonds. The van der Waals surface area contributed by atoms with Crippen LogP contribution in [0.2, 0.25) is 0 Å². The van der Waals surface area contributed by atoms with Crippen molar-refractivity contribution in [3.63, 3.8) is 0 Å². The van der Waals surface area contributed by atoms with Gasteiger partial charge in [0.05, 0.1) is 17.3 Å². The highest BCUT2D eigenvalue weighted by Crippen LogP contribution is 2.26. The predicted molar refractivity (Wildman–Crippen MR) is 87.8 cm³/mol. The van der Waals surface area contributed by atoms with Gasteiger partial charge in [0.25, 0.3) is 5.91 Å². The molecule has 0 saturated heterocycles. The van der Waals surface area contributed by atoms with Crippen molar-refractivity contribution >= 4 is 50.1 Å². The van der Waals surface area contributed by atoms with Crippen molar-refractivity contribution in [1.29, 1.82) is 0 Å². The zero-order valence-corrected chi connectivity index (χ0v) is 13.9. The van der Waals surface area contributed by atoms with Crippen LogP contribution in [0.4, 0.5) is 5.69 Å². The summed E-state index contributed by atoms with van der Waals surface area (Å²) in [6.45, 7) is 0. The number of amides is 1. The van der Waals surface area contributed by atoms with E-state index in [9.17, 15) is 4.79 Å². The van der Waals surface area contributed by atoms with Crippen LogP contribution in [0, 0.1) is 3.57 Å². The molecule has 0 saturated carbocycles. The molecule has 0 aliphatic carbocycles. The van der Waals surface area contributed by atoms with Crippen LogP contribution in [0.3, 0.4) is 0 Å². The lowest BCUT2D eigenvalue weighted by molar-refractivity contribution is 0.102. The fraction of sp³-hybridized carbons (Fsp3) is 0.0714. The first-order valence-electron chi connectivity index (χ1n) is 5.51. The summed E-state index contributed by atoms with van der Waals surface area (Å²) in [5.74, 6) is 0.554.